The van der Waals surface area contributed by atoms with Crippen molar-refractivity contribution in [1.82, 2.24) is 21.3 Å². The molecule has 2 aromatic rings. The molecular formula is C32H41FN4O7. The van der Waals surface area contributed by atoms with Gasteiger partial charge in [-0.25, -0.2) is 14.0 Å². The molecule has 4 amide bonds. The number of halogens is 1. The van der Waals surface area contributed by atoms with Crippen molar-refractivity contribution in [3.8, 4) is 0 Å². The van der Waals surface area contributed by atoms with E-state index in [1.807, 2.05) is 19.9 Å². The van der Waals surface area contributed by atoms with Crippen molar-refractivity contribution in [2.45, 2.75) is 70.7 Å². The Morgan fingerprint density at radius 2 is 1.57 bits per heavy atom. The minimum absolute atomic E-state index is 0.00978. The SMILES string of the molecule is COC(=O)[C@H](C[C@@H]1CCCNC1=O)NC(=O)[C@H](CC(C)C)NC(=O)[C@H](Cc1ccc(F)cc1)NC(=O)OCc1ccccc1. The van der Waals surface area contributed by atoms with Crippen LogP contribution in [0.2, 0.25) is 0 Å². The molecule has 1 saturated heterocycles. The molecule has 0 radical (unpaired) electrons. The Kier molecular flexibility index (Phi) is 13.1. The summed E-state index contributed by atoms with van der Waals surface area (Å²) >= 11 is 0. The first-order chi connectivity index (χ1) is 21.0. The number of hydrogen-bond acceptors (Lipinski definition) is 7. The molecule has 238 valence electrons. The van der Waals surface area contributed by atoms with Crippen molar-refractivity contribution in [1.29, 1.82) is 0 Å². The first-order valence-electron chi connectivity index (χ1n) is 14.7. The second kappa shape index (κ2) is 17.0. The van der Waals surface area contributed by atoms with Crippen LogP contribution in [0.1, 0.15) is 50.7 Å². The Labute approximate surface area is 256 Å². The highest BCUT2D eigenvalue weighted by Crippen LogP contribution is 2.19. The number of benzene rings is 2. The lowest BCUT2D eigenvalue weighted by molar-refractivity contribution is -0.146. The third-order valence-corrected chi connectivity index (χ3v) is 7.24. The van der Waals surface area contributed by atoms with Crippen LogP contribution in [0.3, 0.4) is 0 Å². The Morgan fingerprint density at radius 3 is 2.20 bits per heavy atom. The van der Waals surface area contributed by atoms with Gasteiger partial charge in [0.25, 0.3) is 0 Å². The summed E-state index contributed by atoms with van der Waals surface area (Å²) in [7, 11) is 1.19. The summed E-state index contributed by atoms with van der Waals surface area (Å²) in [5.41, 5.74) is 1.32. The van der Waals surface area contributed by atoms with E-state index in [0.717, 1.165) is 12.0 Å². The van der Waals surface area contributed by atoms with Gasteiger partial charge in [0.1, 0.15) is 30.5 Å². The van der Waals surface area contributed by atoms with Crippen molar-refractivity contribution in [3.63, 3.8) is 0 Å². The summed E-state index contributed by atoms with van der Waals surface area (Å²) in [5.74, 6) is -3.17. The number of carbonyl (C=O) groups is 5. The fourth-order valence-electron chi connectivity index (χ4n) is 4.92. The third-order valence-electron chi connectivity index (χ3n) is 7.24. The molecule has 44 heavy (non-hydrogen) atoms. The third kappa shape index (κ3) is 11.0. The van der Waals surface area contributed by atoms with E-state index in [0.29, 0.717) is 18.5 Å². The highest BCUT2D eigenvalue weighted by molar-refractivity contribution is 5.93. The molecule has 0 aromatic heterocycles. The summed E-state index contributed by atoms with van der Waals surface area (Å²) in [4.78, 5) is 64.6. The fourth-order valence-corrected chi connectivity index (χ4v) is 4.92. The molecule has 3 rings (SSSR count). The van der Waals surface area contributed by atoms with Gasteiger partial charge in [-0.3, -0.25) is 14.4 Å². The lowest BCUT2D eigenvalue weighted by Crippen LogP contribution is -2.57. The van der Waals surface area contributed by atoms with E-state index in [1.54, 1.807) is 24.3 Å². The molecule has 12 heteroatoms. The number of amides is 4. The topological polar surface area (TPSA) is 152 Å². The summed E-state index contributed by atoms with van der Waals surface area (Å²) in [5, 5.41) is 10.7. The maximum atomic E-state index is 13.6. The van der Waals surface area contributed by atoms with Crippen LogP contribution < -0.4 is 21.3 Å². The minimum Gasteiger partial charge on any atom is -0.467 e. The first kappa shape index (κ1) is 34.0. The number of alkyl carbamates (subject to hydrolysis) is 1. The molecule has 1 aliphatic rings. The molecule has 1 aliphatic heterocycles. The maximum absolute atomic E-state index is 13.6. The molecule has 0 spiro atoms. The van der Waals surface area contributed by atoms with Crippen LogP contribution in [0.15, 0.2) is 54.6 Å². The smallest absolute Gasteiger partial charge is 0.408 e. The summed E-state index contributed by atoms with van der Waals surface area (Å²) < 4.78 is 23.7. The monoisotopic (exact) mass is 612 g/mol. The van der Waals surface area contributed by atoms with Crippen LogP contribution in [0.25, 0.3) is 0 Å². The van der Waals surface area contributed by atoms with Crippen LogP contribution in [0.5, 0.6) is 0 Å². The van der Waals surface area contributed by atoms with Crippen molar-refractivity contribution < 1.29 is 37.8 Å². The van der Waals surface area contributed by atoms with Crippen LogP contribution in [0.4, 0.5) is 9.18 Å². The summed E-state index contributed by atoms with van der Waals surface area (Å²) in [6.07, 6.45) is 0.729. The van der Waals surface area contributed by atoms with Gasteiger partial charge in [0.15, 0.2) is 0 Å². The lowest BCUT2D eigenvalue weighted by Gasteiger charge is -2.28. The molecule has 0 bridgehead atoms. The van der Waals surface area contributed by atoms with Gasteiger partial charge in [-0.15, -0.1) is 0 Å². The molecule has 0 unspecified atom stereocenters. The van der Waals surface area contributed by atoms with E-state index in [9.17, 15) is 28.4 Å². The van der Waals surface area contributed by atoms with Crippen molar-refractivity contribution >= 4 is 29.8 Å². The fraction of sp³-hybridized carbons (Fsp3) is 0.469. The van der Waals surface area contributed by atoms with E-state index in [2.05, 4.69) is 21.3 Å². The molecule has 1 heterocycles. The van der Waals surface area contributed by atoms with Gasteiger partial charge in [0.2, 0.25) is 17.7 Å². The number of hydrogen-bond donors (Lipinski definition) is 4. The number of nitrogens with one attached hydrogen (secondary N) is 4. The Balaban J connectivity index is 1.74. The Hall–Kier alpha value is -4.48. The van der Waals surface area contributed by atoms with E-state index >= 15 is 0 Å². The van der Waals surface area contributed by atoms with E-state index < -0.39 is 53.7 Å². The predicted molar refractivity (Wildman–Crippen MR) is 159 cm³/mol. The largest absolute Gasteiger partial charge is 0.467 e. The zero-order chi connectivity index (χ0) is 32.1. The number of piperidine rings is 1. The van der Waals surface area contributed by atoms with Gasteiger partial charge >= 0.3 is 12.1 Å². The van der Waals surface area contributed by atoms with E-state index in [4.69, 9.17) is 9.47 Å². The van der Waals surface area contributed by atoms with Crippen LogP contribution >= 0.6 is 0 Å². The maximum Gasteiger partial charge on any atom is 0.408 e. The van der Waals surface area contributed by atoms with E-state index in [1.165, 1.54) is 31.4 Å². The number of rotatable bonds is 14. The quantitative estimate of drug-likeness (QED) is 0.240. The molecule has 2 aromatic carbocycles. The van der Waals surface area contributed by atoms with Gasteiger partial charge in [0, 0.05) is 18.9 Å². The normalized spacial score (nSPS) is 16.6. The zero-order valence-corrected chi connectivity index (χ0v) is 25.3. The highest BCUT2D eigenvalue weighted by Gasteiger charge is 2.34. The highest BCUT2D eigenvalue weighted by atomic mass is 19.1. The number of methoxy groups -OCH3 is 1. The van der Waals surface area contributed by atoms with Gasteiger partial charge in [0.05, 0.1) is 7.11 Å². The van der Waals surface area contributed by atoms with Crippen LogP contribution in [-0.2, 0) is 41.7 Å². The zero-order valence-electron chi connectivity index (χ0n) is 25.3. The van der Waals surface area contributed by atoms with Gasteiger partial charge in [-0.05, 0) is 54.9 Å². The number of carbonyl (C=O) groups excluding carboxylic acids is 5. The second-order valence-electron chi connectivity index (χ2n) is 11.2. The molecule has 11 nitrogen and oxygen atoms in total. The minimum atomic E-state index is -1.17. The van der Waals surface area contributed by atoms with Crippen molar-refractivity contribution in [2.24, 2.45) is 11.8 Å². The average Bonchev–Trinajstić information content (AvgIpc) is 3.01. The Bertz CT molecular complexity index is 1270. The molecule has 4 N–H and O–H groups in total. The van der Waals surface area contributed by atoms with E-state index in [-0.39, 0.29) is 37.7 Å². The van der Waals surface area contributed by atoms with Crippen LogP contribution in [-0.4, -0.2) is 61.6 Å². The van der Waals surface area contributed by atoms with Crippen molar-refractivity contribution in [2.75, 3.05) is 13.7 Å². The summed E-state index contributed by atoms with van der Waals surface area (Å²) in [6.45, 7) is 4.27. The first-order valence-corrected chi connectivity index (χ1v) is 14.7. The molecule has 0 aliphatic carbocycles. The Morgan fingerprint density at radius 1 is 0.909 bits per heavy atom. The predicted octanol–water partition coefficient (Wildman–Crippen LogP) is 2.77. The van der Waals surface area contributed by atoms with Gasteiger partial charge < -0.3 is 30.7 Å². The summed E-state index contributed by atoms with van der Waals surface area (Å²) in [6, 6.07) is 11.1. The molecular weight excluding hydrogens is 571 g/mol. The van der Waals surface area contributed by atoms with Gasteiger partial charge in [-0.1, -0.05) is 56.3 Å². The second-order valence-corrected chi connectivity index (χ2v) is 11.2. The molecule has 0 saturated carbocycles. The molecule has 4 atom stereocenters. The van der Waals surface area contributed by atoms with Crippen molar-refractivity contribution in [3.05, 3.63) is 71.5 Å². The standard InChI is InChI=1S/C32H41FN4O7/c1-20(2)16-25(29(39)36-27(31(41)43-3)18-23-10-7-15-34-28(23)38)35-30(40)26(17-21-11-13-24(33)14-12-21)37-32(42)44-19-22-8-5-4-6-9-22/h4-6,8-9,11-14,20,23,25-27H,7,10,15-19H2,1-3H3,(H,34,38)(H,35,40)(H,36,39)(H,37,42)/t23-,25-,26-,27-/m0/s1. The van der Waals surface area contributed by atoms with Crippen LogP contribution in [0, 0.1) is 17.7 Å². The lowest BCUT2D eigenvalue weighted by atomic mass is 9.91. The van der Waals surface area contributed by atoms with Gasteiger partial charge in [-0.2, -0.15) is 0 Å². The number of ether oxygens (including phenoxy) is 2. The average molecular weight is 613 g/mol. The number of esters is 1. The molecule has 1 fully saturated rings.